The van der Waals surface area contributed by atoms with Gasteiger partial charge in [-0.1, -0.05) is 23.2 Å². The Morgan fingerprint density at radius 2 is 1.79 bits per heavy atom. The summed E-state index contributed by atoms with van der Waals surface area (Å²) in [7, 11) is -6.33. The van der Waals surface area contributed by atoms with E-state index < -0.39 is 48.4 Å². The van der Waals surface area contributed by atoms with Gasteiger partial charge < -0.3 is 5.73 Å². The Kier molecular flexibility index (Phi) is 7.20. The predicted molar refractivity (Wildman–Crippen MR) is 104 cm³/mol. The fraction of sp³-hybridized carbons (Fsp3) is 0.188. The number of primary amides is 1. The van der Waals surface area contributed by atoms with Gasteiger partial charge in [0.05, 0.1) is 36.9 Å². The molecule has 1 amide bonds. The summed E-state index contributed by atoms with van der Waals surface area (Å²) in [6.07, 6.45) is -5.08. The van der Waals surface area contributed by atoms with Gasteiger partial charge in [0, 0.05) is 17.2 Å². The highest BCUT2D eigenvalue weighted by Gasteiger charge is 2.34. The summed E-state index contributed by atoms with van der Waals surface area (Å²) in [6.45, 7) is 0. The van der Waals surface area contributed by atoms with E-state index in [1.54, 1.807) is 0 Å². The molecule has 6 nitrogen and oxygen atoms in total. The Hall–Kier alpha value is -1.82. The molecule has 1 unspecified atom stereocenters. The molecule has 0 aliphatic carbocycles. The van der Waals surface area contributed by atoms with Gasteiger partial charge in [-0.15, -0.1) is 0 Å². The molecule has 0 radical (unpaired) electrons. The number of carbonyl (C=O) groups excluding carboxylic acids is 1. The van der Waals surface area contributed by atoms with Gasteiger partial charge in [0.15, 0.2) is 0 Å². The molecule has 0 fully saturated rings. The second-order valence-corrected chi connectivity index (χ2v) is 9.72. The molecule has 0 aliphatic rings. The van der Waals surface area contributed by atoms with Gasteiger partial charge in [0.1, 0.15) is 0 Å². The Labute approximate surface area is 176 Å². The number of sulfonamides is 1. The average Bonchev–Trinajstić information content (AvgIpc) is 2.58. The van der Waals surface area contributed by atoms with Crippen LogP contribution < -0.4 is 10.5 Å². The number of nitrogens with two attached hydrogens (primary N) is 1. The molecule has 0 aromatic heterocycles. The number of alkyl halides is 3. The van der Waals surface area contributed by atoms with Crippen molar-refractivity contribution >= 4 is 55.6 Å². The fourth-order valence-corrected chi connectivity index (χ4v) is 4.92. The highest BCUT2D eigenvalue weighted by molar-refractivity contribution is 7.92. The van der Waals surface area contributed by atoms with Crippen molar-refractivity contribution in [2.45, 2.75) is 22.4 Å². The summed E-state index contributed by atoms with van der Waals surface area (Å²) in [5, 5.41) is -0.571. The molecule has 2 aromatic rings. The first-order chi connectivity index (χ1) is 13.3. The zero-order chi connectivity index (χ0) is 22.0. The zero-order valence-corrected chi connectivity index (χ0v) is 17.4. The lowest BCUT2D eigenvalue weighted by Gasteiger charge is -2.15. The second kappa shape index (κ2) is 8.90. The lowest BCUT2D eigenvalue weighted by Crippen LogP contribution is -2.18. The van der Waals surface area contributed by atoms with Crippen molar-refractivity contribution in [2.75, 3.05) is 10.5 Å². The molecular formula is C16H13Cl2F3N2O4S2. The molecule has 0 heterocycles. The summed E-state index contributed by atoms with van der Waals surface area (Å²) in [4.78, 5) is 10.2. The lowest BCUT2D eigenvalue weighted by atomic mass is 10.2. The standard InChI is InChI=1S/C16H13Cl2F3N2O4S2/c17-9-1-4-14(28(25)6-5-15(22)24)13(7-9)23-29(26,27)10-2-3-12(18)11(8-10)16(19,20)21/h1-4,7-8,23H,5-6H2,(H2,22,24). The van der Waals surface area contributed by atoms with E-state index >= 15 is 0 Å². The van der Waals surface area contributed by atoms with Crippen molar-refractivity contribution in [3.63, 3.8) is 0 Å². The highest BCUT2D eigenvalue weighted by atomic mass is 35.5. The van der Waals surface area contributed by atoms with Crippen LogP contribution in [0.4, 0.5) is 18.9 Å². The van der Waals surface area contributed by atoms with Crippen molar-refractivity contribution < 1.29 is 30.6 Å². The van der Waals surface area contributed by atoms with Crippen LogP contribution in [-0.4, -0.2) is 24.3 Å². The molecule has 158 valence electrons. The molecule has 3 N–H and O–H groups in total. The molecule has 0 saturated carbocycles. The number of benzene rings is 2. The van der Waals surface area contributed by atoms with E-state index in [0.29, 0.717) is 6.07 Å². The third-order valence-corrected chi connectivity index (χ3v) is 6.87. The van der Waals surface area contributed by atoms with Crippen molar-refractivity contribution in [2.24, 2.45) is 5.73 Å². The first kappa shape index (κ1) is 23.5. The molecule has 0 spiro atoms. The number of anilines is 1. The molecule has 2 rings (SSSR count). The maximum atomic E-state index is 13.0. The first-order valence-electron chi connectivity index (χ1n) is 7.67. The molecule has 0 aliphatic heterocycles. The van der Waals surface area contributed by atoms with Crippen molar-refractivity contribution in [1.29, 1.82) is 0 Å². The molecule has 13 heteroatoms. The summed E-state index contributed by atoms with van der Waals surface area (Å²) >= 11 is 11.4. The van der Waals surface area contributed by atoms with Crippen LogP contribution in [0, 0.1) is 0 Å². The monoisotopic (exact) mass is 488 g/mol. The zero-order valence-electron chi connectivity index (χ0n) is 14.3. The van der Waals surface area contributed by atoms with Gasteiger partial charge in [0.2, 0.25) is 5.91 Å². The summed E-state index contributed by atoms with van der Waals surface area (Å²) in [6, 6.07) is 5.87. The highest BCUT2D eigenvalue weighted by Crippen LogP contribution is 2.36. The maximum absolute atomic E-state index is 13.0. The van der Waals surface area contributed by atoms with Crippen LogP contribution in [0.2, 0.25) is 10.0 Å². The Morgan fingerprint density at radius 1 is 1.14 bits per heavy atom. The second-order valence-electron chi connectivity index (χ2n) is 5.65. The van der Waals surface area contributed by atoms with Crippen molar-refractivity contribution in [3.05, 3.63) is 52.0 Å². The van der Waals surface area contributed by atoms with E-state index in [1.165, 1.54) is 12.1 Å². The van der Waals surface area contributed by atoms with E-state index in [2.05, 4.69) is 4.72 Å². The van der Waals surface area contributed by atoms with Crippen LogP contribution >= 0.6 is 23.2 Å². The minimum Gasteiger partial charge on any atom is -0.370 e. The minimum atomic E-state index is -4.86. The minimum absolute atomic E-state index is 0.00997. The molecule has 1 atom stereocenters. The van der Waals surface area contributed by atoms with Gasteiger partial charge in [0.25, 0.3) is 10.0 Å². The van der Waals surface area contributed by atoms with Gasteiger partial charge >= 0.3 is 6.18 Å². The van der Waals surface area contributed by atoms with Gasteiger partial charge in [-0.2, -0.15) is 13.2 Å². The summed E-state index contributed by atoms with van der Waals surface area (Å²) < 4.78 is 78.7. The number of carbonyl (C=O) groups is 1. The number of nitrogens with one attached hydrogen (secondary N) is 1. The molecule has 2 aromatic carbocycles. The lowest BCUT2D eigenvalue weighted by molar-refractivity contribution is -0.137. The molecule has 0 bridgehead atoms. The normalized spacial score (nSPS) is 13.1. The van der Waals surface area contributed by atoms with Crippen LogP contribution in [0.5, 0.6) is 0 Å². The third-order valence-electron chi connectivity index (χ3n) is 3.52. The Bertz CT molecular complexity index is 1080. The van der Waals surface area contributed by atoms with E-state index in [0.717, 1.165) is 18.2 Å². The topological polar surface area (TPSA) is 106 Å². The quantitative estimate of drug-likeness (QED) is 0.617. The van der Waals surface area contributed by atoms with Crippen molar-refractivity contribution in [1.82, 2.24) is 0 Å². The van der Waals surface area contributed by atoms with E-state index in [1.807, 2.05) is 0 Å². The van der Waals surface area contributed by atoms with Crippen LogP contribution in [0.3, 0.4) is 0 Å². The van der Waals surface area contributed by atoms with E-state index in [4.69, 9.17) is 28.9 Å². The SMILES string of the molecule is NC(=O)CCS(=O)c1ccc(Cl)cc1NS(=O)(=O)c1ccc(Cl)c(C(F)(F)F)c1. The first-order valence-corrected chi connectivity index (χ1v) is 11.2. The van der Waals surface area contributed by atoms with E-state index in [9.17, 15) is 30.6 Å². The smallest absolute Gasteiger partial charge is 0.370 e. The summed E-state index contributed by atoms with van der Waals surface area (Å²) in [5.74, 6) is -0.875. The number of hydrogen-bond donors (Lipinski definition) is 2. The Morgan fingerprint density at radius 3 is 2.38 bits per heavy atom. The molecule has 29 heavy (non-hydrogen) atoms. The molecular weight excluding hydrogens is 476 g/mol. The molecule has 0 saturated heterocycles. The van der Waals surface area contributed by atoms with Crippen molar-refractivity contribution in [3.8, 4) is 0 Å². The largest absolute Gasteiger partial charge is 0.417 e. The van der Waals surface area contributed by atoms with Gasteiger partial charge in [-0.25, -0.2) is 8.42 Å². The number of hydrogen-bond acceptors (Lipinski definition) is 4. The maximum Gasteiger partial charge on any atom is 0.417 e. The van der Waals surface area contributed by atoms with Crippen LogP contribution in [-0.2, 0) is 31.8 Å². The van der Waals surface area contributed by atoms with Crippen LogP contribution in [0.1, 0.15) is 12.0 Å². The predicted octanol–water partition coefficient (Wildman–Crippen LogP) is 3.80. The van der Waals surface area contributed by atoms with Gasteiger partial charge in [-0.05, 0) is 36.4 Å². The fourth-order valence-electron chi connectivity index (χ4n) is 2.18. The number of halogens is 5. The number of amides is 1. The third kappa shape index (κ3) is 6.08. The van der Waals surface area contributed by atoms with E-state index in [-0.39, 0.29) is 27.8 Å². The number of rotatable bonds is 7. The Balaban J connectivity index is 2.44. The average molecular weight is 489 g/mol. The van der Waals surface area contributed by atoms with Crippen LogP contribution in [0.25, 0.3) is 0 Å². The van der Waals surface area contributed by atoms with Gasteiger partial charge in [-0.3, -0.25) is 13.7 Å². The van der Waals surface area contributed by atoms with Crippen LogP contribution in [0.15, 0.2) is 46.2 Å². The summed E-state index contributed by atoms with van der Waals surface area (Å²) in [5.41, 5.74) is 3.49.